The van der Waals surface area contributed by atoms with Crippen LogP contribution >= 0.6 is 22.7 Å². The van der Waals surface area contributed by atoms with E-state index in [1.165, 1.54) is 28.2 Å². The first-order chi connectivity index (χ1) is 10.6. The third-order valence-electron chi connectivity index (χ3n) is 3.09. The molecule has 112 valence electrons. The van der Waals surface area contributed by atoms with E-state index >= 15 is 0 Å². The lowest BCUT2D eigenvalue weighted by Crippen LogP contribution is -2.11. The minimum absolute atomic E-state index is 0.135. The van der Waals surface area contributed by atoms with Crippen LogP contribution in [0.5, 0.6) is 0 Å². The Hall–Kier alpha value is -2.05. The number of thiazole rings is 2. The third kappa shape index (κ3) is 3.40. The fourth-order valence-corrected chi connectivity index (χ4v) is 3.73. The van der Waals surface area contributed by atoms with Gasteiger partial charge in [-0.05, 0) is 19.4 Å². The zero-order valence-corrected chi connectivity index (χ0v) is 13.9. The lowest BCUT2D eigenvalue weighted by Gasteiger charge is -1.98. The number of hydrogen-bond acceptors (Lipinski definition) is 5. The molecule has 1 N–H and O–H groups in total. The van der Waals surface area contributed by atoms with Crippen LogP contribution in [0, 0.1) is 13.8 Å². The molecule has 22 heavy (non-hydrogen) atoms. The summed E-state index contributed by atoms with van der Waals surface area (Å²) >= 11 is 2.91. The molecule has 1 amide bonds. The molecule has 3 aromatic rings. The molecule has 0 bridgehead atoms. The summed E-state index contributed by atoms with van der Waals surface area (Å²) in [5.74, 6) is -0.135. The highest BCUT2D eigenvalue weighted by Gasteiger charge is 2.16. The minimum Gasteiger partial charge on any atom is -0.297 e. The molecule has 2 heterocycles. The van der Waals surface area contributed by atoms with Gasteiger partial charge in [-0.1, -0.05) is 30.3 Å². The van der Waals surface area contributed by atoms with Crippen molar-refractivity contribution in [2.24, 2.45) is 0 Å². The van der Waals surface area contributed by atoms with Crippen LogP contribution in [0.25, 0.3) is 0 Å². The SMILES string of the molecule is Cc1cnc(NC(=O)c2sc(Cc3ccccc3)nc2C)s1. The maximum atomic E-state index is 12.3. The molecule has 4 nitrogen and oxygen atoms in total. The topological polar surface area (TPSA) is 54.9 Å². The van der Waals surface area contributed by atoms with Gasteiger partial charge in [0, 0.05) is 17.5 Å². The Morgan fingerprint density at radius 3 is 2.64 bits per heavy atom. The van der Waals surface area contributed by atoms with Crippen LogP contribution in [0.1, 0.15) is 30.8 Å². The van der Waals surface area contributed by atoms with Crippen LogP contribution in [0.15, 0.2) is 36.5 Å². The number of aryl methyl sites for hydroxylation is 2. The molecule has 0 unspecified atom stereocenters. The summed E-state index contributed by atoms with van der Waals surface area (Å²) in [5.41, 5.74) is 1.96. The number of aromatic nitrogens is 2. The molecule has 0 saturated carbocycles. The Labute approximate surface area is 136 Å². The second-order valence-corrected chi connectivity index (χ2v) is 7.23. The highest BCUT2D eigenvalue weighted by molar-refractivity contribution is 7.16. The van der Waals surface area contributed by atoms with E-state index in [9.17, 15) is 4.79 Å². The van der Waals surface area contributed by atoms with Crippen molar-refractivity contribution >= 4 is 33.7 Å². The zero-order valence-electron chi connectivity index (χ0n) is 12.3. The summed E-state index contributed by atoms with van der Waals surface area (Å²) in [6.07, 6.45) is 2.50. The van der Waals surface area contributed by atoms with Gasteiger partial charge in [0.05, 0.1) is 10.7 Å². The smallest absolute Gasteiger partial charge is 0.269 e. The van der Waals surface area contributed by atoms with E-state index in [0.29, 0.717) is 10.0 Å². The molecule has 0 fully saturated rings. The lowest BCUT2D eigenvalue weighted by molar-refractivity contribution is 0.103. The zero-order chi connectivity index (χ0) is 15.5. The van der Waals surface area contributed by atoms with Crippen molar-refractivity contribution in [3.63, 3.8) is 0 Å². The molecule has 0 aliphatic heterocycles. The van der Waals surface area contributed by atoms with Gasteiger partial charge in [-0.25, -0.2) is 9.97 Å². The summed E-state index contributed by atoms with van der Waals surface area (Å²) < 4.78 is 0. The first kappa shape index (κ1) is 14.9. The van der Waals surface area contributed by atoms with Crippen molar-refractivity contribution in [3.05, 3.63) is 62.5 Å². The monoisotopic (exact) mass is 329 g/mol. The number of nitrogens with zero attached hydrogens (tertiary/aromatic N) is 2. The van der Waals surface area contributed by atoms with Gasteiger partial charge >= 0.3 is 0 Å². The second kappa shape index (κ2) is 6.37. The molecule has 1 aromatic carbocycles. The van der Waals surface area contributed by atoms with Crippen molar-refractivity contribution in [2.45, 2.75) is 20.3 Å². The molecule has 0 saturated heterocycles. The van der Waals surface area contributed by atoms with Crippen LogP contribution in [-0.4, -0.2) is 15.9 Å². The molecule has 0 aliphatic carbocycles. The van der Waals surface area contributed by atoms with Crippen LogP contribution in [0.2, 0.25) is 0 Å². The van der Waals surface area contributed by atoms with Gasteiger partial charge in [0.25, 0.3) is 5.91 Å². The average Bonchev–Trinajstić information content (AvgIpc) is 3.06. The molecular formula is C16H15N3OS2. The Balaban J connectivity index is 1.75. The van der Waals surface area contributed by atoms with Gasteiger partial charge in [0.2, 0.25) is 0 Å². The van der Waals surface area contributed by atoms with E-state index < -0.39 is 0 Å². The first-order valence-electron chi connectivity index (χ1n) is 6.86. The number of carbonyl (C=O) groups is 1. The van der Waals surface area contributed by atoms with Gasteiger partial charge < -0.3 is 0 Å². The van der Waals surface area contributed by atoms with E-state index in [1.54, 1.807) is 6.20 Å². The number of hydrogen-bond donors (Lipinski definition) is 1. The summed E-state index contributed by atoms with van der Waals surface area (Å²) in [5, 5.41) is 4.41. The largest absolute Gasteiger partial charge is 0.297 e. The molecule has 3 rings (SSSR count). The molecule has 0 spiro atoms. The van der Waals surface area contributed by atoms with Crippen LogP contribution in [-0.2, 0) is 6.42 Å². The molecule has 0 atom stereocenters. The van der Waals surface area contributed by atoms with Gasteiger partial charge in [-0.3, -0.25) is 10.1 Å². The minimum atomic E-state index is -0.135. The summed E-state index contributed by atoms with van der Waals surface area (Å²) in [6, 6.07) is 10.1. The highest BCUT2D eigenvalue weighted by Crippen LogP contribution is 2.23. The average molecular weight is 329 g/mol. The molecular weight excluding hydrogens is 314 g/mol. The molecule has 0 radical (unpaired) electrons. The summed E-state index contributed by atoms with van der Waals surface area (Å²) in [4.78, 5) is 22.7. The number of rotatable bonds is 4. The predicted octanol–water partition coefficient (Wildman–Crippen LogP) is 4.06. The second-order valence-electron chi connectivity index (χ2n) is 4.91. The van der Waals surface area contributed by atoms with E-state index in [2.05, 4.69) is 27.4 Å². The van der Waals surface area contributed by atoms with Crippen molar-refractivity contribution in [3.8, 4) is 0 Å². The standard InChI is InChI=1S/C16H15N3OS2/c1-10-9-17-16(21-10)19-15(20)14-11(2)18-13(22-14)8-12-6-4-3-5-7-12/h3-7,9H,8H2,1-2H3,(H,17,19,20). The lowest BCUT2D eigenvalue weighted by atomic mass is 10.2. The van der Waals surface area contributed by atoms with Gasteiger partial charge in [-0.15, -0.1) is 22.7 Å². The van der Waals surface area contributed by atoms with Gasteiger partial charge in [0.15, 0.2) is 5.13 Å². The van der Waals surface area contributed by atoms with Gasteiger partial charge in [-0.2, -0.15) is 0 Å². The van der Waals surface area contributed by atoms with Gasteiger partial charge in [0.1, 0.15) is 4.88 Å². The van der Waals surface area contributed by atoms with Crippen molar-refractivity contribution in [1.82, 2.24) is 9.97 Å². The quantitative estimate of drug-likeness (QED) is 0.785. The Morgan fingerprint density at radius 2 is 1.95 bits per heavy atom. The highest BCUT2D eigenvalue weighted by atomic mass is 32.1. The first-order valence-corrected chi connectivity index (χ1v) is 8.49. The fraction of sp³-hybridized carbons (Fsp3) is 0.188. The van der Waals surface area contributed by atoms with Crippen LogP contribution in [0.3, 0.4) is 0 Å². The van der Waals surface area contributed by atoms with E-state index in [4.69, 9.17) is 0 Å². The number of carbonyl (C=O) groups excluding carboxylic acids is 1. The van der Waals surface area contributed by atoms with Crippen molar-refractivity contribution in [1.29, 1.82) is 0 Å². The van der Waals surface area contributed by atoms with E-state index in [0.717, 1.165) is 22.0 Å². The maximum Gasteiger partial charge on any atom is 0.269 e. The fourth-order valence-electron chi connectivity index (χ4n) is 2.08. The Morgan fingerprint density at radius 1 is 1.18 bits per heavy atom. The summed E-state index contributed by atoms with van der Waals surface area (Å²) in [7, 11) is 0. The number of anilines is 1. The summed E-state index contributed by atoms with van der Waals surface area (Å²) in [6.45, 7) is 3.83. The van der Waals surface area contributed by atoms with E-state index in [-0.39, 0.29) is 5.91 Å². The normalized spacial score (nSPS) is 10.6. The molecule has 0 aliphatic rings. The molecule has 6 heteroatoms. The third-order valence-corrected chi connectivity index (χ3v) is 5.07. The number of benzene rings is 1. The molecule has 2 aromatic heterocycles. The van der Waals surface area contributed by atoms with Crippen LogP contribution in [0.4, 0.5) is 5.13 Å². The number of nitrogens with one attached hydrogen (secondary N) is 1. The van der Waals surface area contributed by atoms with Crippen molar-refractivity contribution < 1.29 is 4.79 Å². The maximum absolute atomic E-state index is 12.3. The van der Waals surface area contributed by atoms with Crippen molar-refractivity contribution in [2.75, 3.05) is 5.32 Å². The van der Waals surface area contributed by atoms with Crippen LogP contribution < -0.4 is 5.32 Å². The Kier molecular flexibility index (Phi) is 4.31. The predicted molar refractivity (Wildman–Crippen MR) is 90.9 cm³/mol. The Bertz CT molecular complexity index is 793. The van der Waals surface area contributed by atoms with E-state index in [1.807, 2.05) is 32.0 Å². The number of amides is 1.